The molecule has 2 aromatic carbocycles. The van der Waals surface area contributed by atoms with Crippen LogP contribution in [-0.2, 0) is 0 Å². The summed E-state index contributed by atoms with van der Waals surface area (Å²) in [6.45, 7) is -0.367. The van der Waals surface area contributed by atoms with Crippen LogP contribution in [0.3, 0.4) is 0 Å². The number of halogens is 6. The maximum Gasteiger partial charge on any atom is 0.319 e. The Balaban J connectivity index is 1.37. The fourth-order valence-corrected chi connectivity index (χ4v) is 8.62. The topological polar surface area (TPSA) is 139 Å². The number of hydrogen-bond acceptors (Lipinski definition) is 12. The molecule has 18 heteroatoms. The number of benzene rings is 2. The van der Waals surface area contributed by atoms with Crippen LogP contribution in [0.2, 0.25) is 5.02 Å². The summed E-state index contributed by atoms with van der Waals surface area (Å²) in [5.41, 5.74) is 4.66. The van der Waals surface area contributed by atoms with Crippen molar-refractivity contribution >= 4 is 54.7 Å². The minimum atomic E-state index is -2.91. The Morgan fingerprint density at radius 1 is 1.24 bits per heavy atom. The molecular formula is C31H24ClF5N8O3S. The highest BCUT2D eigenvalue weighted by Gasteiger charge is 2.49. The standard InChI is InChI=1S/C31H24ClF5N8O3S/c32-22-20(14-2-3-16(34)26-19(14)15(7-38)27(39)49-26)23(37)24-21-25(22)46-10-17(28-40-12-48-43-28)45(9-18(35)36)29(21)42-30(41-24)47-11-31-4-1-5-44(31)8-13(33)6-31/h2-3,12-13,17-18H,1,4-6,8-11,39H2/t13-,17?,31+/m1/s1. The highest BCUT2D eigenvalue weighted by atomic mass is 35.5. The summed E-state index contributed by atoms with van der Waals surface area (Å²) in [6.07, 6.45) is -1.23. The van der Waals surface area contributed by atoms with Crippen molar-refractivity contribution in [1.29, 1.82) is 5.26 Å². The van der Waals surface area contributed by atoms with Crippen molar-refractivity contribution in [3.05, 3.63) is 46.6 Å². The molecule has 3 atom stereocenters. The van der Waals surface area contributed by atoms with E-state index in [4.69, 9.17) is 31.3 Å². The molecule has 0 saturated carbocycles. The van der Waals surface area contributed by atoms with E-state index in [0.29, 0.717) is 13.0 Å². The minimum Gasteiger partial charge on any atom is -0.488 e. The first-order chi connectivity index (χ1) is 23.6. The van der Waals surface area contributed by atoms with Gasteiger partial charge in [0.15, 0.2) is 17.4 Å². The lowest BCUT2D eigenvalue weighted by molar-refractivity contribution is 0.107. The molecule has 8 rings (SSSR count). The van der Waals surface area contributed by atoms with Crippen LogP contribution >= 0.6 is 22.9 Å². The number of nitrogen functional groups attached to an aromatic ring is 1. The molecule has 49 heavy (non-hydrogen) atoms. The van der Waals surface area contributed by atoms with Gasteiger partial charge >= 0.3 is 6.01 Å². The van der Waals surface area contributed by atoms with E-state index in [1.54, 1.807) is 0 Å². The highest BCUT2D eigenvalue weighted by molar-refractivity contribution is 7.23. The molecule has 1 unspecified atom stereocenters. The number of rotatable bonds is 7. The van der Waals surface area contributed by atoms with Gasteiger partial charge in [-0.2, -0.15) is 20.2 Å². The molecule has 3 aromatic heterocycles. The maximum absolute atomic E-state index is 17.1. The van der Waals surface area contributed by atoms with Gasteiger partial charge in [0, 0.05) is 23.9 Å². The molecule has 6 heterocycles. The van der Waals surface area contributed by atoms with Crippen LogP contribution in [0.4, 0.5) is 32.8 Å². The van der Waals surface area contributed by atoms with Gasteiger partial charge in [0.25, 0.3) is 6.43 Å². The second-order valence-electron chi connectivity index (χ2n) is 12.2. The first-order valence-corrected chi connectivity index (χ1v) is 16.4. The molecular weight excluding hydrogens is 695 g/mol. The number of fused-ring (bicyclic) bond motifs is 2. The Morgan fingerprint density at radius 3 is 2.84 bits per heavy atom. The zero-order valence-corrected chi connectivity index (χ0v) is 26.8. The van der Waals surface area contributed by atoms with Crippen molar-refractivity contribution in [2.24, 2.45) is 0 Å². The summed E-state index contributed by atoms with van der Waals surface area (Å²) < 4.78 is 92.2. The molecule has 2 fully saturated rings. The van der Waals surface area contributed by atoms with Gasteiger partial charge < -0.3 is 24.6 Å². The van der Waals surface area contributed by atoms with Crippen LogP contribution in [0, 0.1) is 23.0 Å². The summed E-state index contributed by atoms with van der Waals surface area (Å²) in [6, 6.07) is 2.83. The Bertz CT molecular complexity index is 2170. The molecule has 2 N–H and O–H groups in total. The first kappa shape index (κ1) is 31.7. The van der Waals surface area contributed by atoms with Gasteiger partial charge in [-0.15, -0.1) is 11.3 Å². The van der Waals surface area contributed by atoms with E-state index in [1.807, 2.05) is 11.0 Å². The smallest absolute Gasteiger partial charge is 0.319 e. The van der Waals surface area contributed by atoms with Crippen molar-refractivity contribution in [3.8, 4) is 29.0 Å². The second kappa shape index (κ2) is 11.8. The third kappa shape index (κ3) is 4.98. The van der Waals surface area contributed by atoms with E-state index in [0.717, 1.165) is 35.1 Å². The van der Waals surface area contributed by atoms with Crippen LogP contribution in [-0.4, -0.2) is 76.0 Å². The normalized spacial score (nSPS) is 22.1. The number of ether oxygens (including phenoxy) is 2. The average Bonchev–Trinajstić information content (AvgIpc) is 3.84. The third-order valence-corrected chi connectivity index (χ3v) is 10.8. The Hall–Kier alpha value is -4.53. The number of aromatic nitrogens is 4. The molecule has 0 spiro atoms. The van der Waals surface area contributed by atoms with Gasteiger partial charge in [0.05, 0.1) is 32.8 Å². The molecule has 254 valence electrons. The SMILES string of the molecule is N#Cc1c(N)sc2c(F)ccc(-c3c(Cl)c4c5c(nc(OC[C@@]67CCCN6C[C@H](F)C7)nc5c3F)N(CC(F)F)C(c3ncon3)CO4)c12. The van der Waals surface area contributed by atoms with E-state index < -0.39 is 47.9 Å². The predicted molar refractivity (Wildman–Crippen MR) is 169 cm³/mol. The van der Waals surface area contributed by atoms with Crippen molar-refractivity contribution in [2.75, 3.05) is 43.5 Å². The molecule has 0 bridgehead atoms. The second-order valence-corrected chi connectivity index (χ2v) is 13.6. The van der Waals surface area contributed by atoms with Gasteiger partial charge in [-0.05, 0) is 31.0 Å². The lowest BCUT2D eigenvalue weighted by Crippen LogP contribution is -2.43. The van der Waals surface area contributed by atoms with E-state index in [9.17, 15) is 22.8 Å². The molecule has 11 nitrogen and oxygen atoms in total. The zero-order chi connectivity index (χ0) is 34.2. The monoisotopic (exact) mass is 718 g/mol. The summed E-state index contributed by atoms with van der Waals surface area (Å²) in [7, 11) is 0. The molecule has 0 radical (unpaired) electrons. The lowest BCUT2D eigenvalue weighted by atomic mass is 9.95. The fourth-order valence-electron chi connectivity index (χ4n) is 7.34. The van der Waals surface area contributed by atoms with Gasteiger partial charge in [0.2, 0.25) is 6.39 Å². The molecule has 2 saturated heterocycles. The number of hydrogen-bond donors (Lipinski definition) is 1. The number of anilines is 2. The molecule has 5 aromatic rings. The molecule has 3 aliphatic heterocycles. The molecule has 3 aliphatic rings. The van der Waals surface area contributed by atoms with E-state index >= 15 is 4.39 Å². The third-order valence-electron chi connectivity index (χ3n) is 9.42. The van der Waals surface area contributed by atoms with Gasteiger partial charge in [-0.3, -0.25) is 4.90 Å². The van der Waals surface area contributed by atoms with E-state index in [1.165, 1.54) is 6.07 Å². The number of nitriles is 1. The average molecular weight is 719 g/mol. The van der Waals surface area contributed by atoms with Crippen molar-refractivity contribution in [3.63, 3.8) is 0 Å². The Kier molecular flexibility index (Phi) is 7.65. The maximum atomic E-state index is 17.1. The van der Waals surface area contributed by atoms with Crippen LogP contribution in [0.5, 0.6) is 11.8 Å². The van der Waals surface area contributed by atoms with Crippen molar-refractivity contribution in [1.82, 2.24) is 25.0 Å². The van der Waals surface area contributed by atoms with Crippen LogP contribution in [0.25, 0.3) is 32.1 Å². The van der Waals surface area contributed by atoms with Crippen LogP contribution in [0.1, 0.15) is 36.7 Å². The number of nitrogens with two attached hydrogens (primary N) is 1. The molecule has 0 amide bonds. The minimum absolute atomic E-state index is 0.00433. The van der Waals surface area contributed by atoms with Crippen molar-refractivity contribution in [2.45, 2.75) is 43.4 Å². The number of thiophene rings is 1. The summed E-state index contributed by atoms with van der Waals surface area (Å²) in [4.78, 5) is 16.1. The summed E-state index contributed by atoms with van der Waals surface area (Å²) in [5, 5.41) is 13.3. The van der Waals surface area contributed by atoms with Gasteiger partial charge in [-0.25, -0.2) is 22.0 Å². The van der Waals surface area contributed by atoms with Gasteiger partial charge in [0.1, 0.15) is 53.6 Å². The zero-order valence-electron chi connectivity index (χ0n) is 25.2. The Morgan fingerprint density at radius 2 is 2.08 bits per heavy atom. The summed E-state index contributed by atoms with van der Waals surface area (Å²) >= 11 is 7.74. The quantitative estimate of drug-likeness (QED) is 0.186. The summed E-state index contributed by atoms with van der Waals surface area (Å²) in [5.74, 6) is -2.10. The molecule has 0 aliphatic carbocycles. The highest BCUT2D eigenvalue weighted by Crippen LogP contribution is 2.52. The van der Waals surface area contributed by atoms with Crippen LogP contribution < -0.4 is 20.1 Å². The predicted octanol–water partition coefficient (Wildman–Crippen LogP) is 6.44. The number of alkyl halides is 3. The van der Waals surface area contributed by atoms with Crippen LogP contribution in [0.15, 0.2) is 23.0 Å². The number of nitrogens with zero attached hydrogens (tertiary/aromatic N) is 7. The van der Waals surface area contributed by atoms with E-state index in [2.05, 4.69) is 20.1 Å². The lowest BCUT2D eigenvalue weighted by Gasteiger charge is -2.31. The van der Waals surface area contributed by atoms with Crippen molar-refractivity contribution < 1.29 is 35.9 Å². The van der Waals surface area contributed by atoms with E-state index in [-0.39, 0.29) is 91.8 Å². The largest absolute Gasteiger partial charge is 0.488 e. The first-order valence-electron chi connectivity index (χ1n) is 15.2. The fraction of sp³-hybridized carbons (Fsp3) is 0.387. The Labute approximate surface area is 283 Å². The van der Waals surface area contributed by atoms with Gasteiger partial charge in [-0.1, -0.05) is 22.8 Å².